The molecule has 0 aromatic heterocycles. The molecule has 4 heteroatoms. The maximum absolute atomic E-state index is 13.0. The van der Waals surface area contributed by atoms with Crippen LogP contribution in [0.25, 0.3) is 0 Å². The number of halogens is 1. The molecule has 1 nitrogen and oxygen atoms in total. The molecule has 0 aliphatic heterocycles. The molecule has 0 saturated carbocycles. The number of rotatable bonds is 5. The van der Waals surface area contributed by atoms with Gasteiger partial charge in [-0.25, -0.2) is 4.39 Å². The van der Waals surface area contributed by atoms with Crippen LogP contribution in [0.1, 0.15) is 10.4 Å². The molecule has 0 bridgehead atoms. The first-order valence-corrected chi connectivity index (χ1v) is 7.95. The zero-order valence-corrected chi connectivity index (χ0v) is 12.1. The molecule has 0 heterocycles. The van der Waals surface area contributed by atoms with Crippen LogP contribution < -0.4 is 0 Å². The van der Waals surface area contributed by atoms with Gasteiger partial charge in [0.05, 0.1) is 5.75 Å². The molecule has 0 aliphatic carbocycles. The predicted octanol–water partition coefficient (Wildman–Crippen LogP) is 4.52. The Balaban J connectivity index is 1.97. The van der Waals surface area contributed by atoms with Crippen LogP contribution in [0.4, 0.5) is 4.39 Å². The first-order valence-electron chi connectivity index (χ1n) is 5.74. The Bertz CT molecular complexity index is 567. The SMILES string of the molecule is CSc1ccc(C(=O)CSc2cccc(F)c2)cc1. The lowest BCUT2D eigenvalue weighted by molar-refractivity contribution is 0.102. The summed E-state index contributed by atoms with van der Waals surface area (Å²) in [7, 11) is 0. The molecular weight excluding hydrogens is 279 g/mol. The maximum atomic E-state index is 13.0. The quantitative estimate of drug-likeness (QED) is 0.595. The van der Waals surface area contributed by atoms with Crippen molar-refractivity contribution in [2.75, 3.05) is 12.0 Å². The number of hydrogen-bond donors (Lipinski definition) is 0. The van der Waals surface area contributed by atoms with Gasteiger partial charge in [0.2, 0.25) is 0 Å². The number of carbonyl (C=O) groups excluding carboxylic acids is 1. The Morgan fingerprint density at radius 2 is 1.84 bits per heavy atom. The standard InChI is InChI=1S/C15H13FOS2/c1-18-13-7-5-11(6-8-13)15(17)10-19-14-4-2-3-12(16)9-14/h2-9H,10H2,1H3. The second kappa shape index (κ2) is 6.78. The van der Waals surface area contributed by atoms with Crippen LogP contribution in [0.3, 0.4) is 0 Å². The van der Waals surface area contributed by atoms with Gasteiger partial charge in [0.1, 0.15) is 5.82 Å². The summed E-state index contributed by atoms with van der Waals surface area (Å²) in [6.45, 7) is 0. The third kappa shape index (κ3) is 4.11. The van der Waals surface area contributed by atoms with Crippen LogP contribution >= 0.6 is 23.5 Å². The van der Waals surface area contributed by atoms with Crippen LogP contribution in [-0.4, -0.2) is 17.8 Å². The Hall–Kier alpha value is -1.26. The van der Waals surface area contributed by atoms with Crippen LogP contribution in [0.15, 0.2) is 58.3 Å². The van der Waals surface area contributed by atoms with Gasteiger partial charge >= 0.3 is 0 Å². The van der Waals surface area contributed by atoms with Crippen LogP contribution in [0, 0.1) is 5.82 Å². The minimum absolute atomic E-state index is 0.0573. The maximum Gasteiger partial charge on any atom is 0.173 e. The zero-order chi connectivity index (χ0) is 13.7. The first-order chi connectivity index (χ1) is 9.19. The minimum atomic E-state index is -0.276. The molecule has 0 aliphatic rings. The highest BCUT2D eigenvalue weighted by Crippen LogP contribution is 2.21. The van der Waals surface area contributed by atoms with E-state index in [1.54, 1.807) is 23.9 Å². The van der Waals surface area contributed by atoms with Gasteiger partial charge < -0.3 is 0 Å². The lowest BCUT2D eigenvalue weighted by Crippen LogP contribution is -2.01. The number of carbonyl (C=O) groups is 1. The predicted molar refractivity (Wildman–Crippen MR) is 79.7 cm³/mol. The normalized spacial score (nSPS) is 10.4. The fraction of sp³-hybridized carbons (Fsp3) is 0.133. The molecule has 2 aromatic carbocycles. The van der Waals surface area contributed by atoms with Crippen molar-refractivity contribution >= 4 is 29.3 Å². The zero-order valence-electron chi connectivity index (χ0n) is 10.4. The highest BCUT2D eigenvalue weighted by molar-refractivity contribution is 8.00. The van der Waals surface area contributed by atoms with Gasteiger partial charge in [0.15, 0.2) is 5.78 Å². The summed E-state index contributed by atoms with van der Waals surface area (Å²) in [4.78, 5) is 13.9. The molecule has 0 spiro atoms. The Kier molecular flexibility index (Phi) is 5.05. The van der Waals surface area contributed by atoms with Crippen LogP contribution in [-0.2, 0) is 0 Å². The molecule has 0 unspecified atom stereocenters. The molecule has 19 heavy (non-hydrogen) atoms. The summed E-state index contributed by atoms with van der Waals surface area (Å²) in [5.74, 6) is 0.103. The minimum Gasteiger partial charge on any atom is -0.293 e. The Morgan fingerprint density at radius 3 is 2.47 bits per heavy atom. The summed E-state index contributed by atoms with van der Waals surface area (Å²) in [5.41, 5.74) is 0.696. The summed E-state index contributed by atoms with van der Waals surface area (Å²) >= 11 is 3.00. The van der Waals surface area contributed by atoms with E-state index < -0.39 is 0 Å². The fourth-order valence-electron chi connectivity index (χ4n) is 1.57. The molecular formula is C15H13FOS2. The molecule has 2 rings (SSSR count). The van der Waals surface area contributed by atoms with Gasteiger partial charge in [-0.3, -0.25) is 4.79 Å². The second-order valence-corrected chi connectivity index (χ2v) is 5.83. The molecule has 0 saturated heterocycles. The summed E-state index contributed by atoms with van der Waals surface area (Å²) in [5, 5.41) is 0. The number of hydrogen-bond acceptors (Lipinski definition) is 3. The van der Waals surface area contributed by atoms with Crippen molar-refractivity contribution in [2.45, 2.75) is 9.79 Å². The number of Topliss-reactive ketones (excluding diaryl/α,β-unsaturated/α-hetero) is 1. The second-order valence-electron chi connectivity index (χ2n) is 3.90. The molecule has 0 N–H and O–H groups in total. The molecule has 2 aromatic rings. The van der Waals surface area contributed by atoms with E-state index in [1.807, 2.05) is 30.5 Å². The van der Waals surface area contributed by atoms with Crippen molar-refractivity contribution in [2.24, 2.45) is 0 Å². The highest BCUT2D eigenvalue weighted by Gasteiger charge is 2.07. The van der Waals surface area contributed by atoms with E-state index in [1.165, 1.54) is 23.9 Å². The smallest absolute Gasteiger partial charge is 0.173 e. The third-order valence-electron chi connectivity index (χ3n) is 2.58. The lowest BCUT2D eigenvalue weighted by Gasteiger charge is -2.03. The van der Waals surface area contributed by atoms with Crippen LogP contribution in [0.2, 0.25) is 0 Å². The Morgan fingerprint density at radius 1 is 1.11 bits per heavy atom. The van der Waals surface area contributed by atoms with Crippen molar-refractivity contribution in [3.05, 3.63) is 59.9 Å². The fourth-order valence-corrected chi connectivity index (χ4v) is 2.81. The van der Waals surface area contributed by atoms with E-state index >= 15 is 0 Å². The van der Waals surface area contributed by atoms with E-state index in [-0.39, 0.29) is 11.6 Å². The topological polar surface area (TPSA) is 17.1 Å². The van der Waals surface area contributed by atoms with Crippen molar-refractivity contribution in [3.63, 3.8) is 0 Å². The number of thioether (sulfide) groups is 2. The van der Waals surface area contributed by atoms with Crippen molar-refractivity contribution in [1.29, 1.82) is 0 Å². The summed E-state index contributed by atoms with van der Waals surface area (Å²) in [6.07, 6.45) is 2.00. The van der Waals surface area contributed by atoms with Gasteiger partial charge in [-0.15, -0.1) is 23.5 Å². The molecule has 0 radical (unpaired) electrons. The largest absolute Gasteiger partial charge is 0.293 e. The average molecular weight is 292 g/mol. The van der Waals surface area contributed by atoms with Gasteiger partial charge in [-0.2, -0.15) is 0 Å². The van der Waals surface area contributed by atoms with E-state index in [0.717, 1.165) is 9.79 Å². The van der Waals surface area contributed by atoms with Gasteiger partial charge in [-0.1, -0.05) is 18.2 Å². The summed E-state index contributed by atoms with van der Waals surface area (Å²) < 4.78 is 13.0. The monoisotopic (exact) mass is 292 g/mol. The van der Waals surface area contributed by atoms with E-state index in [2.05, 4.69) is 0 Å². The van der Waals surface area contributed by atoms with Gasteiger partial charge in [0.25, 0.3) is 0 Å². The van der Waals surface area contributed by atoms with Gasteiger partial charge in [0, 0.05) is 15.4 Å². The first kappa shape index (κ1) is 14.2. The molecule has 0 atom stereocenters. The Labute approximate surface area is 120 Å². The van der Waals surface area contributed by atoms with Crippen LogP contribution in [0.5, 0.6) is 0 Å². The summed E-state index contributed by atoms with van der Waals surface area (Å²) in [6, 6.07) is 13.8. The molecule has 98 valence electrons. The molecule has 0 fully saturated rings. The molecule has 0 amide bonds. The van der Waals surface area contributed by atoms with E-state index in [4.69, 9.17) is 0 Å². The lowest BCUT2D eigenvalue weighted by atomic mass is 10.1. The third-order valence-corrected chi connectivity index (χ3v) is 4.32. The van der Waals surface area contributed by atoms with E-state index in [9.17, 15) is 9.18 Å². The van der Waals surface area contributed by atoms with Crippen molar-refractivity contribution in [3.8, 4) is 0 Å². The van der Waals surface area contributed by atoms with Crippen molar-refractivity contribution < 1.29 is 9.18 Å². The van der Waals surface area contributed by atoms with E-state index in [0.29, 0.717) is 11.3 Å². The van der Waals surface area contributed by atoms with Crippen molar-refractivity contribution in [1.82, 2.24) is 0 Å². The average Bonchev–Trinajstić information content (AvgIpc) is 2.45. The number of benzene rings is 2. The van der Waals surface area contributed by atoms with Gasteiger partial charge in [-0.05, 0) is 36.6 Å². The highest BCUT2D eigenvalue weighted by atomic mass is 32.2. The number of ketones is 1.